The molecule has 1 rings (SSSR count). The van der Waals surface area contributed by atoms with E-state index in [0.29, 0.717) is 6.17 Å². The van der Waals surface area contributed by atoms with Gasteiger partial charge in [0.15, 0.2) is 0 Å². The Morgan fingerprint density at radius 2 is 1.73 bits per heavy atom. The average Bonchev–Trinajstić information content (AvgIpc) is 2.96. The Balaban J connectivity index is 1.89. The molecule has 22 heavy (non-hydrogen) atoms. The van der Waals surface area contributed by atoms with Crippen LogP contribution in [0.3, 0.4) is 0 Å². The van der Waals surface area contributed by atoms with Gasteiger partial charge in [-0.15, -0.1) is 0 Å². The van der Waals surface area contributed by atoms with Gasteiger partial charge in [-0.25, -0.2) is 0 Å². The Bertz CT molecular complexity index is 299. The van der Waals surface area contributed by atoms with Crippen LogP contribution in [0.15, 0.2) is 17.1 Å². The van der Waals surface area contributed by atoms with Crippen LogP contribution in [-0.2, 0) is 0 Å². The molecule has 1 aliphatic rings. The molecule has 3 heteroatoms. The molecule has 0 aromatic heterocycles. The molecule has 0 amide bonds. The maximum atomic E-state index is 5.62. The number of rotatable bonds is 14. The largest absolute Gasteiger partial charge is 0.329 e. The van der Waals surface area contributed by atoms with Gasteiger partial charge in [0.25, 0.3) is 0 Å². The summed E-state index contributed by atoms with van der Waals surface area (Å²) in [7, 11) is 0. The summed E-state index contributed by atoms with van der Waals surface area (Å²) in [5.74, 6) is 0. The van der Waals surface area contributed by atoms with Crippen LogP contribution in [0, 0.1) is 0 Å². The quantitative estimate of drug-likeness (QED) is 0.378. The van der Waals surface area contributed by atoms with Crippen LogP contribution in [0.2, 0.25) is 0 Å². The molecule has 0 fully saturated rings. The van der Waals surface area contributed by atoms with Gasteiger partial charge in [0.05, 0.1) is 0 Å². The molecule has 0 saturated heterocycles. The van der Waals surface area contributed by atoms with Crippen LogP contribution in [-0.4, -0.2) is 36.9 Å². The zero-order chi connectivity index (χ0) is 15.9. The van der Waals surface area contributed by atoms with Crippen LogP contribution < -0.4 is 5.73 Å². The van der Waals surface area contributed by atoms with Crippen molar-refractivity contribution in [1.82, 2.24) is 4.90 Å². The van der Waals surface area contributed by atoms with E-state index in [9.17, 15) is 0 Å². The van der Waals surface area contributed by atoms with E-state index in [2.05, 4.69) is 29.0 Å². The molecule has 1 heterocycles. The molecule has 1 aliphatic heterocycles. The summed E-state index contributed by atoms with van der Waals surface area (Å²) in [5.41, 5.74) is 5.62. The molecular weight excluding hydrogens is 270 g/mol. The van der Waals surface area contributed by atoms with Gasteiger partial charge in [0.2, 0.25) is 0 Å². The van der Waals surface area contributed by atoms with E-state index in [1.807, 2.05) is 6.21 Å². The fourth-order valence-electron chi connectivity index (χ4n) is 3.01. The van der Waals surface area contributed by atoms with Crippen LogP contribution >= 0.6 is 0 Å². The van der Waals surface area contributed by atoms with Crippen molar-refractivity contribution in [3.8, 4) is 0 Å². The minimum absolute atomic E-state index is 0.336. The molecule has 0 aromatic rings. The number of aliphatic imine (C=N–C) groups is 1. The average molecular weight is 308 g/mol. The van der Waals surface area contributed by atoms with Gasteiger partial charge in [-0.2, -0.15) is 0 Å². The van der Waals surface area contributed by atoms with E-state index in [-0.39, 0.29) is 0 Å². The molecule has 0 bridgehead atoms. The third-order valence-corrected chi connectivity index (χ3v) is 4.42. The first-order chi connectivity index (χ1) is 10.9. The summed E-state index contributed by atoms with van der Waals surface area (Å²) >= 11 is 0. The molecule has 1 unspecified atom stereocenters. The van der Waals surface area contributed by atoms with Crippen molar-refractivity contribution in [1.29, 1.82) is 0 Å². The normalized spacial score (nSPS) is 18.7. The highest BCUT2D eigenvalue weighted by atomic mass is 15.3. The number of nitrogens with two attached hydrogens (primary N) is 1. The van der Waals surface area contributed by atoms with Crippen molar-refractivity contribution in [2.24, 2.45) is 10.7 Å². The monoisotopic (exact) mass is 307 g/mol. The van der Waals surface area contributed by atoms with Crippen molar-refractivity contribution < 1.29 is 0 Å². The first kappa shape index (κ1) is 19.4. The highest BCUT2D eigenvalue weighted by Gasteiger charge is 2.18. The predicted octanol–water partition coefficient (Wildman–Crippen LogP) is 4.52. The zero-order valence-corrected chi connectivity index (χ0v) is 14.7. The SMILES string of the molecule is CCCCCCCCCCC/C=C/CC1N=CCN1CCN. The third kappa shape index (κ3) is 9.37. The molecule has 0 radical (unpaired) electrons. The third-order valence-electron chi connectivity index (χ3n) is 4.42. The van der Waals surface area contributed by atoms with Crippen LogP contribution in [0.4, 0.5) is 0 Å². The van der Waals surface area contributed by atoms with Crippen molar-refractivity contribution in [2.75, 3.05) is 19.6 Å². The molecule has 2 N–H and O–H groups in total. The van der Waals surface area contributed by atoms with E-state index in [0.717, 1.165) is 26.1 Å². The lowest BCUT2D eigenvalue weighted by molar-refractivity contribution is 0.259. The number of unbranched alkanes of at least 4 members (excludes halogenated alkanes) is 9. The predicted molar refractivity (Wildman–Crippen MR) is 98.5 cm³/mol. The van der Waals surface area contributed by atoms with Gasteiger partial charge in [0, 0.05) is 32.3 Å². The Hall–Kier alpha value is -0.670. The summed E-state index contributed by atoms with van der Waals surface area (Å²) in [4.78, 5) is 6.87. The molecule has 0 aliphatic carbocycles. The first-order valence-corrected chi connectivity index (χ1v) is 9.49. The maximum Gasteiger partial charge on any atom is 0.105 e. The van der Waals surface area contributed by atoms with Gasteiger partial charge in [-0.05, 0) is 12.8 Å². The van der Waals surface area contributed by atoms with Gasteiger partial charge in [-0.1, -0.05) is 70.4 Å². The molecule has 3 nitrogen and oxygen atoms in total. The van der Waals surface area contributed by atoms with E-state index in [1.54, 1.807) is 0 Å². The van der Waals surface area contributed by atoms with E-state index in [1.165, 1.54) is 64.2 Å². The summed E-state index contributed by atoms with van der Waals surface area (Å²) in [5, 5.41) is 0. The lowest BCUT2D eigenvalue weighted by atomic mass is 10.1. The molecule has 0 spiro atoms. The van der Waals surface area contributed by atoms with Crippen LogP contribution in [0.5, 0.6) is 0 Å². The Labute approximate surface area is 138 Å². The minimum atomic E-state index is 0.336. The smallest absolute Gasteiger partial charge is 0.105 e. The van der Waals surface area contributed by atoms with Gasteiger partial charge in [0.1, 0.15) is 6.17 Å². The van der Waals surface area contributed by atoms with Crippen molar-refractivity contribution >= 4 is 6.21 Å². The first-order valence-electron chi connectivity index (χ1n) is 9.49. The summed E-state index contributed by atoms with van der Waals surface area (Å²) in [6.07, 6.45) is 21.9. The topological polar surface area (TPSA) is 41.6 Å². The van der Waals surface area contributed by atoms with E-state index >= 15 is 0 Å². The van der Waals surface area contributed by atoms with Crippen LogP contribution in [0.25, 0.3) is 0 Å². The lowest BCUT2D eigenvalue weighted by Gasteiger charge is -2.20. The number of hydrogen-bond acceptors (Lipinski definition) is 3. The van der Waals surface area contributed by atoms with Gasteiger partial charge < -0.3 is 5.73 Å². The lowest BCUT2D eigenvalue weighted by Crippen LogP contribution is -2.34. The van der Waals surface area contributed by atoms with Crippen molar-refractivity contribution in [3.05, 3.63) is 12.2 Å². The van der Waals surface area contributed by atoms with Crippen molar-refractivity contribution in [3.63, 3.8) is 0 Å². The Kier molecular flexibility index (Phi) is 12.3. The second-order valence-electron chi connectivity index (χ2n) is 6.42. The molecule has 0 aromatic carbocycles. The zero-order valence-electron chi connectivity index (χ0n) is 14.7. The van der Waals surface area contributed by atoms with E-state index in [4.69, 9.17) is 5.73 Å². The van der Waals surface area contributed by atoms with Crippen molar-refractivity contribution in [2.45, 2.75) is 83.7 Å². The van der Waals surface area contributed by atoms with Gasteiger partial charge >= 0.3 is 0 Å². The fraction of sp³-hybridized carbons (Fsp3) is 0.842. The second kappa shape index (κ2) is 14.0. The molecule has 128 valence electrons. The summed E-state index contributed by atoms with van der Waals surface area (Å²) < 4.78 is 0. The molecular formula is C19H37N3. The highest BCUT2D eigenvalue weighted by molar-refractivity contribution is 5.62. The number of nitrogens with zero attached hydrogens (tertiary/aromatic N) is 2. The van der Waals surface area contributed by atoms with Gasteiger partial charge in [-0.3, -0.25) is 9.89 Å². The molecule has 1 atom stereocenters. The van der Waals surface area contributed by atoms with Crippen LogP contribution in [0.1, 0.15) is 77.6 Å². The number of hydrogen-bond donors (Lipinski definition) is 1. The fourth-order valence-corrected chi connectivity index (χ4v) is 3.01. The standard InChI is InChI=1S/C19H37N3/c1-2-3-4-5-6-7-8-9-10-11-12-13-14-19-21-16-18-22(19)17-15-20/h12-13,16,19H,2-11,14-15,17-18,20H2,1H3/b13-12+. The maximum absolute atomic E-state index is 5.62. The summed E-state index contributed by atoms with van der Waals surface area (Å²) in [6.45, 7) is 4.93. The number of allylic oxidation sites excluding steroid dienone is 1. The minimum Gasteiger partial charge on any atom is -0.329 e. The Morgan fingerprint density at radius 1 is 1.05 bits per heavy atom. The second-order valence-corrected chi connectivity index (χ2v) is 6.42. The summed E-state index contributed by atoms with van der Waals surface area (Å²) in [6, 6.07) is 0. The van der Waals surface area contributed by atoms with E-state index < -0.39 is 0 Å². The highest BCUT2D eigenvalue weighted by Crippen LogP contribution is 2.12. The Morgan fingerprint density at radius 3 is 2.41 bits per heavy atom. The molecule has 0 saturated carbocycles.